The average Bonchev–Trinajstić information content (AvgIpc) is 3.05. The lowest BCUT2D eigenvalue weighted by atomic mass is 9.99. The minimum Gasteiger partial charge on any atom is -0.497 e. The molecule has 0 unspecified atom stereocenters. The lowest BCUT2D eigenvalue weighted by molar-refractivity contribution is -0.227. The summed E-state index contributed by atoms with van der Waals surface area (Å²) in [7, 11) is 1.62. The van der Waals surface area contributed by atoms with Gasteiger partial charge in [-0.25, -0.2) is 4.79 Å². The third-order valence-electron chi connectivity index (χ3n) is 7.14. The Bertz CT molecular complexity index is 1410. The molecular formula is C35H36O7S. The van der Waals surface area contributed by atoms with E-state index < -0.39 is 35.8 Å². The number of rotatable bonds is 12. The fourth-order valence-corrected chi connectivity index (χ4v) is 5.84. The Labute approximate surface area is 256 Å². The van der Waals surface area contributed by atoms with Crippen molar-refractivity contribution in [2.75, 3.05) is 13.7 Å². The molecule has 4 aromatic rings. The summed E-state index contributed by atoms with van der Waals surface area (Å²) in [5.74, 6) is 0.249. The minimum absolute atomic E-state index is 0.114. The van der Waals surface area contributed by atoms with Gasteiger partial charge in [0.2, 0.25) is 0 Å². The zero-order valence-electron chi connectivity index (χ0n) is 24.2. The molecule has 224 valence electrons. The summed E-state index contributed by atoms with van der Waals surface area (Å²) in [5, 5.41) is 11.6. The molecule has 43 heavy (non-hydrogen) atoms. The van der Waals surface area contributed by atoms with Crippen LogP contribution in [0.4, 0.5) is 0 Å². The number of ether oxygens (including phenoxy) is 5. The van der Waals surface area contributed by atoms with Gasteiger partial charge >= 0.3 is 5.97 Å². The smallest absolute Gasteiger partial charge is 0.338 e. The Morgan fingerprint density at radius 2 is 1.47 bits per heavy atom. The molecule has 1 aliphatic heterocycles. The van der Waals surface area contributed by atoms with Crippen LogP contribution in [0.1, 0.15) is 27.0 Å². The quantitative estimate of drug-likeness (QED) is 0.192. The predicted octanol–water partition coefficient (Wildman–Crippen LogP) is 6.21. The van der Waals surface area contributed by atoms with Gasteiger partial charge in [0.05, 0.1) is 32.5 Å². The zero-order chi connectivity index (χ0) is 30.0. The lowest BCUT2D eigenvalue weighted by Crippen LogP contribution is -2.60. The highest BCUT2D eigenvalue weighted by Crippen LogP contribution is 2.37. The number of aryl methyl sites for hydroxylation is 1. The van der Waals surface area contributed by atoms with E-state index in [4.69, 9.17) is 23.7 Å². The number of thioether (sulfide) groups is 1. The molecule has 4 aromatic carbocycles. The number of benzene rings is 4. The fraction of sp³-hybridized carbons (Fsp3) is 0.286. The minimum atomic E-state index is -1.12. The first-order chi connectivity index (χ1) is 21.0. The third-order valence-corrected chi connectivity index (χ3v) is 8.30. The maximum absolute atomic E-state index is 13.3. The van der Waals surface area contributed by atoms with Gasteiger partial charge in [-0.1, -0.05) is 90.1 Å². The molecule has 0 saturated carbocycles. The van der Waals surface area contributed by atoms with Crippen LogP contribution in [0.2, 0.25) is 0 Å². The number of aliphatic hydroxyl groups is 1. The van der Waals surface area contributed by atoms with Crippen molar-refractivity contribution in [3.63, 3.8) is 0 Å². The van der Waals surface area contributed by atoms with Crippen molar-refractivity contribution < 1.29 is 33.6 Å². The first kappa shape index (κ1) is 30.8. The summed E-state index contributed by atoms with van der Waals surface area (Å²) in [6.07, 6.45) is -3.63. The highest BCUT2D eigenvalue weighted by atomic mass is 32.2. The van der Waals surface area contributed by atoms with Crippen LogP contribution >= 0.6 is 11.8 Å². The monoisotopic (exact) mass is 600 g/mol. The van der Waals surface area contributed by atoms with E-state index in [1.165, 1.54) is 11.8 Å². The van der Waals surface area contributed by atoms with Crippen LogP contribution in [-0.4, -0.2) is 54.6 Å². The molecule has 8 heteroatoms. The van der Waals surface area contributed by atoms with E-state index in [2.05, 4.69) is 0 Å². The first-order valence-electron chi connectivity index (χ1n) is 14.2. The molecule has 1 N–H and O–H groups in total. The Morgan fingerprint density at radius 3 is 2.14 bits per heavy atom. The van der Waals surface area contributed by atoms with Gasteiger partial charge in [0.25, 0.3) is 0 Å². The number of carbonyl (C=O) groups excluding carboxylic acids is 1. The Kier molecular flexibility index (Phi) is 10.9. The summed E-state index contributed by atoms with van der Waals surface area (Å²) in [6, 6.07) is 34.1. The SMILES string of the molecule is COc1ccc(COC[C@H]2O[C@@H](Sc3ccc(C)cc3)[C@H](OC(=O)c3ccccc3)[C@@H](OCc3ccccc3)[C@@H]2O)cc1. The highest BCUT2D eigenvalue weighted by molar-refractivity contribution is 7.99. The molecule has 0 spiro atoms. The summed E-state index contributed by atoms with van der Waals surface area (Å²) >= 11 is 1.42. The Morgan fingerprint density at radius 1 is 0.814 bits per heavy atom. The van der Waals surface area contributed by atoms with Gasteiger partial charge in [-0.15, -0.1) is 0 Å². The average molecular weight is 601 g/mol. The van der Waals surface area contributed by atoms with Crippen LogP contribution in [0.15, 0.2) is 114 Å². The second-order valence-corrected chi connectivity index (χ2v) is 11.5. The van der Waals surface area contributed by atoms with Crippen molar-refractivity contribution in [1.82, 2.24) is 0 Å². The standard InChI is InChI=1S/C35H36O7S/c1-24-13-19-29(20-14-24)43-35-33(42-34(37)27-11-7-4-8-12-27)32(40-22-25-9-5-3-6-10-25)31(36)30(41-35)23-39-21-26-15-17-28(38-2)18-16-26/h3-20,30-33,35-36H,21-23H2,1-2H3/t30-,31-,32+,33-,35+/m1/s1. The normalized spacial score (nSPS) is 21.7. The number of methoxy groups -OCH3 is 1. The maximum Gasteiger partial charge on any atom is 0.338 e. The molecule has 0 radical (unpaired) electrons. The Balaban J connectivity index is 1.38. The summed E-state index contributed by atoms with van der Waals surface area (Å²) in [4.78, 5) is 14.2. The van der Waals surface area contributed by atoms with Crippen LogP contribution in [0.5, 0.6) is 5.75 Å². The van der Waals surface area contributed by atoms with E-state index >= 15 is 0 Å². The van der Waals surface area contributed by atoms with Crippen LogP contribution in [0.25, 0.3) is 0 Å². The van der Waals surface area contributed by atoms with Gasteiger partial charge in [0, 0.05) is 4.90 Å². The zero-order valence-corrected chi connectivity index (χ0v) is 25.0. The topological polar surface area (TPSA) is 83.5 Å². The number of carbonyl (C=O) groups is 1. The van der Waals surface area contributed by atoms with E-state index in [1.54, 1.807) is 31.4 Å². The van der Waals surface area contributed by atoms with Gasteiger partial charge in [-0.2, -0.15) is 0 Å². The van der Waals surface area contributed by atoms with Gasteiger partial charge in [0.1, 0.15) is 29.5 Å². The van der Waals surface area contributed by atoms with Crippen LogP contribution < -0.4 is 4.74 Å². The molecule has 7 nitrogen and oxygen atoms in total. The molecule has 0 aromatic heterocycles. The van der Waals surface area contributed by atoms with E-state index in [9.17, 15) is 9.90 Å². The second kappa shape index (κ2) is 15.2. The Hall–Kier alpha value is -3.66. The largest absolute Gasteiger partial charge is 0.497 e. The van der Waals surface area contributed by atoms with Gasteiger partial charge in [-0.05, 0) is 54.4 Å². The maximum atomic E-state index is 13.3. The summed E-state index contributed by atoms with van der Waals surface area (Å²) in [5.41, 5.74) is 2.76. The fourth-order valence-electron chi connectivity index (χ4n) is 4.74. The molecule has 0 aliphatic carbocycles. The number of esters is 1. The highest BCUT2D eigenvalue weighted by Gasteiger charge is 2.49. The van der Waals surface area contributed by atoms with E-state index in [1.807, 2.05) is 91.9 Å². The molecule has 1 fully saturated rings. The first-order valence-corrected chi connectivity index (χ1v) is 15.1. The molecule has 1 saturated heterocycles. The predicted molar refractivity (Wildman–Crippen MR) is 165 cm³/mol. The third kappa shape index (κ3) is 8.46. The van der Waals surface area contributed by atoms with E-state index in [0.717, 1.165) is 27.3 Å². The van der Waals surface area contributed by atoms with Crippen LogP contribution in [-0.2, 0) is 32.2 Å². The van der Waals surface area contributed by atoms with Crippen molar-refractivity contribution in [2.45, 2.75) is 54.9 Å². The van der Waals surface area contributed by atoms with Crippen LogP contribution in [0, 0.1) is 6.92 Å². The molecule has 1 aliphatic rings. The molecule has 0 bridgehead atoms. The van der Waals surface area contributed by atoms with Crippen molar-refractivity contribution in [2.24, 2.45) is 0 Å². The van der Waals surface area contributed by atoms with Gasteiger partial charge < -0.3 is 28.8 Å². The van der Waals surface area contributed by atoms with Crippen molar-refractivity contribution >= 4 is 17.7 Å². The van der Waals surface area contributed by atoms with E-state index in [0.29, 0.717) is 12.2 Å². The molecule has 5 rings (SSSR count). The molecule has 0 amide bonds. The van der Waals surface area contributed by atoms with E-state index in [-0.39, 0.29) is 13.2 Å². The van der Waals surface area contributed by atoms with Crippen molar-refractivity contribution in [3.8, 4) is 5.75 Å². The lowest BCUT2D eigenvalue weighted by Gasteiger charge is -2.43. The number of hydrogen-bond acceptors (Lipinski definition) is 8. The molecule has 1 heterocycles. The second-order valence-electron chi connectivity index (χ2n) is 10.3. The molecule has 5 atom stereocenters. The van der Waals surface area contributed by atoms with Crippen molar-refractivity contribution in [3.05, 3.63) is 131 Å². The van der Waals surface area contributed by atoms with Gasteiger partial charge in [-0.3, -0.25) is 0 Å². The van der Waals surface area contributed by atoms with Crippen molar-refractivity contribution in [1.29, 1.82) is 0 Å². The van der Waals surface area contributed by atoms with Gasteiger partial charge in [0.15, 0.2) is 6.10 Å². The summed E-state index contributed by atoms with van der Waals surface area (Å²) in [6.45, 7) is 2.69. The van der Waals surface area contributed by atoms with Crippen LogP contribution in [0.3, 0.4) is 0 Å². The number of hydrogen-bond donors (Lipinski definition) is 1. The summed E-state index contributed by atoms with van der Waals surface area (Å²) < 4.78 is 30.1. The number of aliphatic hydroxyl groups excluding tert-OH is 1. The molecular weight excluding hydrogens is 564 g/mol.